The fourth-order valence-electron chi connectivity index (χ4n) is 4.70. The molecule has 2 aliphatic heterocycles. The third-order valence-electron chi connectivity index (χ3n) is 6.44. The average Bonchev–Trinajstić information content (AvgIpc) is 2.80. The van der Waals surface area contributed by atoms with Crippen LogP contribution in [0.15, 0.2) is 60.0 Å². The van der Waals surface area contributed by atoms with Gasteiger partial charge in [0.25, 0.3) is 0 Å². The number of nitrogens with zero attached hydrogens (tertiary/aromatic N) is 1. The molecule has 5 nitrogen and oxygen atoms in total. The Balaban J connectivity index is 1.23. The summed E-state index contributed by atoms with van der Waals surface area (Å²) in [5.74, 6) is -0.713. The Bertz CT molecular complexity index is 966. The van der Waals surface area contributed by atoms with Crippen LogP contribution < -0.4 is 10.6 Å². The molecule has 0 amide bonds. The molecule has 0 spiro atoms. The van der Waals surface area contributed by atoms with Gasteiger partial charge < -0.3 is 10.4 Å². The molecule has 1 fully saturated rings. The van der Waals surface area contributed by atoms with E-state index in [1.165, 1.54) is 30.5 Å². The van der Waals surface area contributed by atoms with Gasteiger partial charge in [-0.25, -0.2) is 0 Å². The zero-order valence-corrected chi connectivity index (χ0v) is 18.1. The van der Waals surface area contributed by atoms with Crippen molar-refractivity contribution in [3.63, 3.8) is 0 Å². The Morgan fingerprint density at radius 1 is 1.16 bits per heavy atom. The van der Waals surface area contributed by atoms with E-state index in [2.05, 4.69) is 33.8 Å². The van der Waals surface area contributed by atoms with Crippen LogP contribution in [-0.2, 0) is 4.79 Å². The highest BCUT2D eigenvalue weighted by Gasteiger charge is 2.20. The SMILES string of the molecule is O=C(O)CC(CCCCCCC1=CC=C2CCCNC2N1)c1cnc2ccccc2c1. The van der Waals surface area contributed by atoms with Crippen LogP contribution in [0.5, 0.6) is 0 Å². The van der Waals surface area contributed by atoms with Gasteiger partial charge in [-0.1, -0.05) is 43.5 Å². The van der Waals surface area contributed by atoms with E-state index in [-0.39, 0.29) is 12.3 Å². The van der Waals surface area contributed by atoms with Crippen LogP contribution in [0.25, 0.3) is 10.9 Å². The van der Waals surface area contributed by atoms with Gasteiger partial charge in [-0.3, -0.25) is 15.1 Å². The first-order valence-corrected chi connectivity index (χ1v) is 11.6. The van der Waals surface area contributed by atoms with Gasteiger partial charge in [-0.15, -0.1) is 0 Å². The first kappa shape index (κ1) is 21.6. The van der Waals surface area contributed by atoms with E-state index in [1.54, 1.807) is 0 Å². The van der Waals surface area contributed by atoms with Crippen LogP contribution in [-0.4, -0.2) is 28.8 Å². The molecular formula is C26H33N3O2. The minimum Gasteiger partial charge on any atom is -0.481 e. The summed E-state index contributed by atoms with van der Waals surface area (Å²) in [6.07, 6.45) is 15.8. The summed E-state index contributed by atoms with van der Waals surface area (Å²) in [6, 6.07) is 10.1. The van der Waals surface area contributed by atoms with E-state index < -0.39 is 5.97 Å². The maximum atomic E-state index is 11.4. The molecule has 0 radical (unpaired) electrons. The molecule has 4 rings (SSSR count). The van der Waals surface area contributed by atoms with Gasteiger partial charge in [0.05, 0.1) is 18.1 Å². The zero-order chi connectivity index (χ0) is 21.5. The second-order valence-corrected chi connectivity index (χ2v) is 8.78. The lowest BCUT2D eigenvalue weighted by molar-refractivity contribution is -0.137. The van der Waals surface area contributed by atoms with Crippen LogP contribution in [0, 0.1) is 0 Å². The molecule has 1 aromatic carbocycles. The van der Waals surface area contributed by atoms with Crippen LogP contribution in [0.3, 0.4) is 0 Å². The van der Waals surface area contributed by atoms with Crippen LogP contribution in [0.1, 0.15) is 69.3 Å². The number of nitrogens with one attached hydrogen (secondary N) is 2. The highest BCUT2D eigenvalue weighted by Crippen LogP contribution is 2.28. The fourth-order valence-corrected chi connectivity index (χ4v) is 4.70. The smallest absolute Gasteiger partial charge is 0.303 e. The van der Waals surface area contributed by atoms with Gasteiger partial charge in [-0.2, -0.15) is 0 Å². The van der Waals surface area contributed by atoms with Crippen molar-refractivity contribution < 1.29 is 9.90 Å². The molecule has 2 aliphatic rings. The number of hydrogen-bond acceptors (Lipinski definition) is 4. The van der Waals surface area contributed by atoms with Crippen molar-refractivity contribution in [2.24, 2.45) is 0 Å². The van der Waals surface area contributed by atoms with E-state index in [0.717, 1.165) is 55.1 Å². The molecule has 2 atom stereocenters. The van der Waals surface area contributed by atoms with E-state index in [1.807, 2.05) is 30.5 Å². The lowest BCUT2D eigenvalue weighted by Crippen LogP contribution is -2.47. The van der Waals surface area contributed by atoms with E-state index in [4.69, 9.17) is 0 Å². The lowest BCUT2D eigenvalue weighted by Gasteiger charge is -2.32. The molecule has 2 aromatic rings. The van der Waals surface area contributed by atoms with Gasteiger partial charge in [0.2, 0.25) is 0 Å². The number of carbonyl (C=O) groups is 1. The normalized spacial score (nSPS) is 19.2. The van der Waals surface area contributed by atoms with Crippen molar-refractivity contribution >= 4 is 16.9 Å². The summed E-state index contributed by atoms with van der Waals surface area (Å²) >= 11 is 0. The van der Waals surface area contributed by atoms with Crippen molar-refractivity contribution in [2.45, 2.75) is 69.9 Å². The number of para-hydroxylation sites is 1. The second-order valence-electron chi connectivity index (χ2n) is 8.78. The molecule has 5 heteroatoms. The molecule has 2 unspecified atom stereocenters. The molecular weight excluding hydrogens is 386 g/mol. The van der Waals surface area contributed by atoms with Crippen molar-refractivity contribution in [3.05, 3.63) is 65.5 Å². The molecule has 0 aliphatic carbocycles. The van der Waals surface area contributed by atoms with Crippen molar-refractivity contribution in [1.29, 1.82) is 0 Å². The van der Waals surface area contributed by atoms with Gasteiger partial charge >= 0.3 is 5.97 Å². The zero-order valence-electron chi connectivity index (χ0n) is 18.1. The molecule has 0 saturated carbocycles. The first-order chi connectivity index (χ1) is 15.2. The second kappa shape index (κ2) is 10.6. The van der Waals surface area contributed by atoms with Crippen LogP contribution in [0.2, 0.25) is 0 Å². The van der Waals surface area contributed by atoms with Crippen molar-refractivity contribution in [1.82, 2.24) is 15.6 Å². The number of carboxylic acids is 1. The number of unbranched alkanes of at least 4 members (excludes halogenated alkanes) is 3. The van der Waals surface area contributed by atoms with Crippen LogP contribution >= 0.6 is 0 Å². The minimum atomic E-state index is -0.739. The monoisotopic (exact) mass is 419 g/mol. The molecule has 1 aromatic heterocycles. The number of hydrogen-bond donors (Lipinski definition) is 3. The van der Waals surface area contributed by atoms with Gasteiger partial charge in [0.1, 0.15) is 0 Å². The third kappa shape index (κ3) is 5.95. The average molecular weight is 420 g/mol. The topological polar surface area (TPSA) is 74.2 Å². The molecule has 3 heterocycles. The molecule has 3 N–H and O–H groups in total. The molecule has 1 saturated heterocycles. The Labute approximate surface area is 184 Å². The van der Waals surface area contributed by atoms with Crippen LogP contribution in [0.4, 0.5) is 0 Å². The molecule has 0 bridgehead atoms. The van der Waals surface area contributed by atoms with Gasteiger partial charge in [-0.05, 0) is 73.9 Å². The first-order valence-electron chi connectivity index (χ1n) is 11.6. The number of benzene rings is 1. The lowest BCUT2D eigenvalue weighted by atomic mass is 9.90. The predicted octanol–water partition coefficient (Wildman–Crippen LogP) is 5.26. The van der Waals surface area contributed by atoms with E-state index in [9.17, 15) is 9.90 Å². The third-order valence-corrected chi connectivity index (χ3v) is 6.44. The number of aromatic nitrogens is 1. The summed E-state index contributed by atoms with van der Waals surface area (Å²) in [5, 5.41) is 17.6. The maximum absolute atomic E-state index is 11.4. The number of pyridine rings is 1. The summed E-state index contributed by atoms with van der Waals surface area (Å²) in [6.45, 7) is 1.09. The minimum absolute atomic E-state index is 0.0262. The summed E-state index contributed by atoms with van der Waals surface area (Å²) in [5.41, 5.74) is 4.80. The maximum Gasteiger partial charge on any atom is 0.303 e. The summed E-state index contributed by atoms with van der Waals surface area (Å²) < 4.78 is 0. The number of carboxylic acid groups (broad SMARTS) is 1. The highest BCUT2D eigenvalue weighted by atomic mass is 16.4. The van der Waals surface area contributed by atoms with Crippen molar-refractivity contribution in [3.8, 4) is 0 Å². The number of fused-ring (bicyclic) bond motifs is 2. The molecule has 164 valence electrons. The number of allylic oxidation sites excluding steroid dienone is 3. The number of rotatable bonds is 10. The highest BCUT2D eigenvalue weighted by molar-refractivity contribution is 5.79. The number of dihydropyridines is 1. The van der Waals surface area contributed by atoms with Gasteiger partial charge in [0, 0.05) is 17.3 Å². The Hall–Kier alpha value is -2.66. The summed E-state index contributed by atoms with van der Waals surface area (Å²) in [4.78, 5) is 15.9. The Morgan fingerprint density at radius 3 is 2.94 bits per heavy atom. The largest absolute Gasteiger partial charge is 0.481 e. The summed E-state index contributed by atoms with van der Waals surface area (Å²) in [7, 11) is 0. The molecule has 31 heavy (non-hydrogen) atoms. The number of aliphatic carboxylic acids is 1. The van der Waals surface area contributed by atoms with E-state index >= 15 is 0 Å². The fraction of sp³-hybridized carbons (Fsp3) is 0.462. The quantitative estimate of drug-likeness (QED) is 0.458. The number of piperidine rings is 1. The predicted molar refractivity (Wildman–Crippen MR) is 125 cm³/mol. The Morgan fingerprint density at radius 2 is 2.03 bits per heavy atom. The van der Waals surface area contributed by atoms with Crippen molar-refractivity contribution in [2.75, 3.05) is 6.54 Å². The van der Waals surface area contributed by atoms with E-state index in [0.29, 0.717) is 6.17 Å². The standard InChI is InChI=1S/C26H33N3O2/c30-25(31)17-20(22-16-21-9-5-6-12-24(21)28-18-22)8-3-1-2-4-11-23-14-13-19-10-7-15-27-26(19)29-23/h5-6,9,12-14,16,18,20,26-27,29H,1-4,7-8,10-11,15,17H2,(H,30,31). The Kier molecular flexibility index (Phi) is 7.36. The van der Waals surface area contributed by atoms with Gasteiger partial charge in [0.15, 0.2) is 0 Å².